The summed E-state index contributed by atoms with van der Waals surface area (Å²) in [6.07, 6.45) is 5.61. The van der Waals surface area contributed by atoms with Gasteiger partial charge in [-0.15, -0.1) is 0 Å². The van der Waals surface area contributed by atoms with E-state index in [4.69, 9.17) is 0 Å². The van der Waals surface area contributed by atoms with Gasteiger partial charge in [0, 0.05) is 6.04 Å². The number of rotatable bonds is 3. The fourth-order valence-electron chi connectivity index (χ4n) is 2.54. The Hall–Kier alpha value is -0.0400. The number of nitrogens with one attached hydrogen (secondary N) is 1. The Kier molecular flexibility index (Phi) is 4.07. The summed E-state index contributed by atoms with van der Waals surface area (Å²) in [5.41, 5.74) is 0. The van der Waals surface area contributed by atoms with Crippen LogP contribution in [0.1, 0.15) is 46.5 Å². The van der Waals surface area contributed by atoms with Crippen molar-refractivity contribution < 1.29 is 0 Å². The predicted octanol–water partition coefficient (Wildman–Crippen LogP) is 2.81. The molecular weight excluding hydrogens is 146 g/mol. The van der Waals surface area contributed by atoms with Gasteiger partial charge < -0.3 is 5.32 Å². The van der Waals surface area contributed by atoms with E-state index in [2.05, 4.69) is 26.1 Å². The van der Waals surface area contributed by atoms with Gasteiger partial charge in [-0.1, -0.05) is 27.2 Å². The lowest BCUT2D eigenvalue weighted by molar-refractivity contribution is 0.208. The van der Waals surface area contributed by atoms with E-state index in [1.165, 1.54) is 25.7 Å². The van der Waals surface area contributed by atoms with Gasteiger partial charge in [-0.25, -0.2) is 0 Å². The molecule has 1 aliphatic carbocycles. The first-order chi connectivity index (χ1) is 5.77. The van der Waals surface area contributed by atoms with Gasteiger partial charge in [0.15, 0.2) is 0 Å². The topological polar surface area (TPSA) is 12.0 Å². The van der Waals surface area contributed by atoms with Gasteiger partial charge in [0.1, 0.15) is 0 Å². The van der Waals surface area contributed by atoms with Crippen molar-refractivity contribution in [2.24, 2.45) is 11.8 Å². The quantitative estimate of drug-likeness (QED) is 0.685. The molecule has 0 aliphatic heterocycles. The van der Waals surface area contributed by atoms with Crippen LogP contribution >= 0.6 is 0 Å². The Balaban J connectivity index is 2.30. The maximum absolute atomic E-state index is 3.56. The smallest absolute Gasteiger partial charge is 0.00696 e. The van der Waals surface area contributed by atoms with Crippen molar-refractivity contribution in [3.8, 4) is 0 Å². The monoisotopic (exact) mass is 169 g/mol. The van der Waals surface area contributed by atoms with E-state index in [9.17, 15) is 0 Å². The van der Waals surface area contributed by atoms with Crippen molar-refractivity contribution in [1.82, 2.24) is 5.32 Å². The third-order valence-electron chi connectivity index (χ3n) is 3.36. The van der Waals surface area contributed by atoms with Gasteiger partial charge in [0.25, 0.3) is 0 Å². The maximum atomic E-state index is 3.56. The van der Waals surface area contributed by atoms with Crippen LogP contribution in [0.25, 0.3) is 0 Å². The summed E-state index contributed by atoms with van der Waals surface area (Å²) in [6.45, 7) is 8.08. The normalized spacial score (nSPS) is 36.8. The lowest BCUT2D eigenvalue weighted by Crippen LogP contribution is -2.36. The molecule has 0 saturated heterocycles. The average molecular weight is 169 g/mol. The molecule has 0 radical (unpaired) electrons. The summed E-state index contributed by atoms with van der Waals surface area (Å²) in [4.78, 5) is 0. The molecule has 0 heterocycles. The summed E-state index contributed by atoms with van der Waals surface area (Å²) < 4.78 is 0. The molecule has 1 N–H and O–H groups in total. The molecule has 0 aromatic carbocycles. The maximum Gasteiger partial charge on any atom is 0.00696 e. The van der Waals surface area contributed by atoms with Gasteiger partial charge in [0.2, 0.25) is 0 Å². The Bertz CT molecular complexity index is 122. The molecule has 0 spiro atoms. The predicted molar refractivity (Wildman–Crippen MR) is 54.3 cm³/mol. The molecule has 72 valence electrons. The minimum absolute atomic E-state index is 0.813. The average Bonchev–Trinajstić information content (AvgIpc) is 2.05. The zero-order valence-corrected chi connectivity index (χ0v) is 8.77. The van der Waals surface area contributed by atoms with Crippen molar-refractivity contribution >= 4 is 0 Å². The number of hydrogen-bond acceptors (Lipinski definition) is 1. The van der Waals surface area contributed by atoms with Crippen LogP contribution in [0.2, 0.25) is 0 Å². The number of hydrogen-bond donors (Lipinski definition) is 1. The van der Waals surface area contributed by atoms with E-state index in [1.807, 2.05) is 0 Å². The van der Waals surface area contributed by atoms with Crippen molar-refractivity contribution in [2.75, 3.05) is 6.54 Å². The van der Waals surface area contributed by atoms with Crippen LogP contribution in [0, 0.1) is 11.8 Å². The zero-order chi connectivity index (χ0) is 8.97. The Morgan fingerprint density at radius 2 is 2.00 bits per heavy atom. The van der Waals surface area contributed by atoms with Gasteiger partial charge in [-0.05, 0) is 37.6 Å². The molecule has 0 bridgehead atoms. The molecule has 3 unspecified atom stereocenters. The molecule has 1 heteroatoms. The summed E-state index contributed by atoms with van der Waals surface area (Å²) in [5, 5.41) is 3.56. The molecule has 12 heavy (non-hydrogen) atoms. The first kappa shape index (κ1) is 10.0. The molecule has 1 nitrogen and oxygen atoms in total. The van der Waals surface area contributed by atoms with Gasteiger partial charge in [-0.2, -0.15) is 0 Å². The molecule has 3 atom stereocenters. The Labute approximate surface area is 76.9 Å². The van der Waals surface area contributed by atoms with Gasteiger partial charge >= 0.3 is 0 Å². The van der Waals surface area contributed by atoms with Crippen LogP contribution in [0.5, 0.6) is 0 Å². The Morgan fingerprint density at radius 3 is 2.50 bits per heavy atom. The van der Waals surface area contributed by atoms with Crippen molar-refractivity contribution in [3.63, 3.8) is 0 Å². The van der Waals surface area contributed by atoms with Crippen LogP contribution in [-0.2, 0) is 0 Å². The highest BCUT2D eigenvalue weighted by Crippen LogP contribution is 2.31. The highest BCUT2D eigenvalue weighted by atomic mass is 14.9. The SMILES string of the molecule is CCNC1CCC(CC)C(C)C1. The van der Waals surface area contributed by atoms with Gasteiger partial charge in [-0.3, -0.25) is 0 Å². The zero-order valence-electron chi connectivity index (χ0n) is 8.77. The lowest BCUT2D eigenvalue weighted by Gasteiger charge is -2.34. The van der Waals surface area contributed by atoms with E-state index in [-0.39, 0.29) is 0 Å². The molecule has 1 rings (SSSR count). The summed E-state index contributed by atoms with van der Waals surface area (Å²) in [5.74, 6) is 1.94. The third-order valence-corrected chi connectivity index (χ3v) is 3.36. The summed E-state index contributed by atoms with van der Waals surface area (Å²) in [7, 11) is 0. The van der Waals surface area contributed by atoms with Crippen molar-refractivity contribution in [2.45, 2.75) is 52.5 Å². The van der Waals surface area contributed by atoms with Crippen LogP contribution in [0.4, 0.5) is 0 Å². The minimum atomic E-state index is 0.813. The van der Waals surface area contributed by atoms with Crippen molar-refractivity contribution in [3.05, 3.63) is 0 Å². The largest absolute Gasteiger partial charge is 0.314 e. The minimum Gasteiger partial charge on any atom is -0.314 e. The second-order valence-electron chi connectivity index (χ2n) is 4.21. The fourth-order valence-corrected chi connectivity index (χ4v) is 2.54. The standard InChI is InChI=1S/C11H23N/c1-4-10-6-7-11(12-5-2)8-9(10)3/h9-12H,4-8H2,1-3H3. The van der Waals surface area contributed by atoms with Crippen LogP contribution < -0.4 is 5.32 Å². The van der Waals surface area contributed by atoms with Crippen LogP contribution in [0.3, 0.4) is 0 Å². The molecule has 0 aromatic heterocycles. The van der Waals surface area contributed by atoms with Crippen LogP contribution in [-0.4, -0.2) is 12.6 Å². The fraction of sp³-hybridized carbons (Fsp3) is 1.00. The highest BCUT2D eigenvalue weighted by molar-refractivity contribution is 4.80. The highest BCUT2D eigenvalue weighted by Gasteiger charge is 2.25. The molecule has 0 amide bonds. The van der Waals surface area contributed by atoms with E-state index >= 15 is 0 Å². The van der Waals surface area contributed by atoms with Gasteiger partial charge in [0.05, 0.1) is 0 Å². The second-order valence-corrected chi connectivity index (χ2v) is 4.21. The lowest BCUT2D eigenvalue weighted by atomic mass is 9.77. The van der Waals surface area contributed by atoms with Crippen molar-refractivity contribution in [1.29, 1.82) is 0 Å². The van der Waals surface area contributed by atoms with Crippen LogP contribution in [0.15, 0.2) is 0 Å². The molecule has 1 aliphatic rings. The van der Waals surface area contributed by atoms with E-state index in [1.54, 1.807) is 0 Å². The molecule has 0 aromatic rings. The van der Waals surface area contributed by atoms with E-state index in [0.29, 0.717) is 0 Å². The first-order valence-corrected chi connectivity index (χ1v) is 5.51. The second kappa shape index (κ2) is 4.86. The van der Waals surface area contributed by atoms with E-state index in [0.717, 1.165) is 24.4 Å². The Morgan fingerprint density at radius 1 is 1.25 bits per heavy atom. The molecular formula is C11H23N. The summed E-state index contributed by atoms with van der Waals surface area (Å²) in [6, 6.07) is 0.813. The molecule has 1 fully saturated rings. The molecule has 1 saturated carbocycles. The third kappa shape index (κ3) is 2.48. The van der Waals surface area contributed by atoms with E-state index < -0.39 is 0 Å². The first-order valence-electron chi connectivity index (χ1n) is 5.51. The summed E-state index contributed by atoms with van der Waals surface area (Å²) >= 11 is 0.